The average molecular weight is 378 g/mol. The Morgan fingerprint density at radius 1 is 0.929 bits per heavy atom. The Kier molecular flexibility index (Phi) is 5.74. The van der Waals surface area contributed by atoms with Gasteiger partial charge in [0.2, 0.25) is 5.95 Å². The summed E-state index contributed by atoms with van der Waals surface area (Å²) in [6.07, 6.45) is 2.96. The highest BCUT2D eigenvalue weighted by Crippen LogP contribution is 2.29. The zero-order valence-electron chi connectivity index (χ0n) is 16.2. The van der Waals surface area contributed by atoms with Crippen LogP contribution >= 0.6 is 0 Å². The number of hydrogen-bond acceptors (Lipinski definition) is 6. The Morgan fingerprint density at radius 2 is 1.68 bits per heavy atom. The van der Waals surface area contributed by atoms with E-state index < -0.39 is 0 Å². The number of hydrogen-bond donors (Lipinski definition) is 2. The molecule has 28 heavy (non-hydrogen) atoms. The van der Waals surface area contributed by atoms with E-state index in [9.17, 15) is 4.79 Å². The van der Waals surface area contributed by atoms with Crippen LogP contribution < -0.4 is 20.1 Å². The molecule has 0 unspecified atom stereocenters. The number of aromatic nitrogens is 2. The third-order valence-corrected chi connectivity index (χ3v) is 4.21. The van der Waals surface area contributed by atoms with Gasteiger partial charge in [0.05, 0.1) is 25.5 Å². The summed E-state index contributed by atoms with van der Waals surface area (Å²) in [5.74, 6) is 1.23. The summed E-state index contributed by atoms with van der Waals surface area (Å²) >= 11 is 0. The summed E-state index contributed by atoms with van der Waals surface area (Å²) in [4.78, 5) is 21.0. The van der Waals surface area contributed by atoms with E-state index in [-0.39, 0.29) is 5.91 Å². The van der Waals surface area contributed by atoms with Crippen LogP contribution in [0.4, 0.5) is 17.3 Å². The minimum absolute atomic E-state index is 0.332. The fourth-order valence-corrected chi connectivity index (χ4v) is 2.60. The maximum absolute atomic E-state index is 12.5. The molecular weight excluding hydrogens is 356 g/mol. The number of aryl methyl sites for hydroxylation is 2. The van der Waals surface area contributed by atoms with Gasteiger partial charge in [-0.25, -0.2) is 9.97 Å². The SMILES string of the molecule is COc1ccc(NC(=O)c2cnc(Nc3cc(C)ccc3C)nc2)c(OC)c1. The monoisotopic (exact) mass is 378 g/mol. The van der Waals surface area contributed by atoms with Gasteiger partial charge in [-0.15, -0.1) is 0 Å². The number of benzene rings is 2. The van der Waals surface area contributed by atoms with E-state index in [0.29, 0.717) is 28.7 Å². The summed E-state index contributed by atoms with van der Waals surface area (Å²) in [5, 5.41) is 5.97. The maximum Gasteiger partial charge on any atom is 0.258 e. The summed E-state index contributed by atoms with van der Waals surface area (Å²) in [7, 11) is 3.10. The number of amides is 1. The van der Waals surface area contributed by atoms with Crippen molar-refractivity contribution in [2.75, 3.05) is 24.9 Å². The average Bonchev–Trinajstić information content (AvgIpc) is 2.71. The van der Waals surface area contributed by atoms with Gasteiger partial charge in [0, 0.05) is 24.1 Å². The lowest BCUT2D eigenvalue weighted by Crippen LogP contribution is -2.14. The van der Waals surface area contributed by atoms with E-state index in [4.69, 9.17) is 9.47 Å². The molecule has 0 aliphatic carbocycles. The first kappa shape index (κ1) is 19.2. The van der Waals surface area contributed by atoms with E-state index >= 15 is 0 Å². The van der Waals surface area contributed by atoms with E-state index in [0.717, 1.165) is 16.8 Å². The Labute approximate surface area is 163 Å². The largest absolute Gasteiger partial charge is 0.497 e. The van der Waals surface area contributed by atoms with E-state index in [1.165, 1.54) is 19.5 Å². The third-order valence-electron chi connectivity index (χ3n) is 4.21. The summed E-state index contributed by atoms with van der Waals surface area (Å²) in [5.41, 5.74) is 4.02. The topological polar surface area (TPSA) is 85.4 Å². The molecule has 2 aromatic carbocycles. The van der Waals surface area contributed by atoms with Crippen molar-refractivity contribution in [2.24, 2.45) is 0 Å². The molecule has 144 valence electrons. The predicted octanol–water partition coefficient (Wildman–Crippen LogP) is 4.11. The molecule has 0 saturated carbocycles. The molecular formula is C21H22N4O3. The standard InChI is InChI=1S/C21H22N4O3/c1-13-5-6-14(2)18(9-13)25-21-22-11-15(12-23-21)20(26)24-17-8-7-16(27-3)10-19(17)28-4/h5-12H,1-4H3,(H,24,26)(H,22,23,25). The van der Waals surface area contributed by atoms with Crippen molar-refractivity contribution in [3.8, 4) is 11.5 Å². The van der Waals surface area contributed by atoms with Gasteiger partial charge in [-0.1, -0.05) is 12.1 Å². The first-order chi connectivity index (χ1) is 13.5. The predicted molar refractivity (Wildman–Crippen MR) is 109 cm³/mol. The fraction of sp³-hybridized carbons (Fsp3) is 0.190. The summed E-state index contributed by atoms with van der Waals surface area (Å²) < 4.78 is 10.5. The van der Waals surface area contributed by atoms with Crippen molar-refractivity contribution in [1.29, 1.82) is 0 Å². The van der Waals surface area contributed by atoms with Gasteiger partial charge in [0.25, 0.3) is 5.91 Å². The first-order valence-corrected chi connectivity index (χ1v) is 8.70. The van der Waals surface area contributed by atoms with Crippen LogP contribution in [0.2, 0.25) is 0 Å². The number of nitrogens with one attached hydrogen (secondary N) is 2. The number of ether oxygens (including phenoxy) is 2. The molecule has 0 fully saturated rings. The van der Waals surface area contributed by atoms with Crippen LogP contribution in [0.1, 0.15) is 21.5 Å². The van der Waals surface area contributed by atoms with Crippen LogP contribution in [-0.2, 0) is 0 Å². The molecule has 3 aromatic rings. The Hall–Kier alpha value is -3.61. The second kappa shape index (κ2) is 8.39. The lowest BCUT2D eigenvalue weighted by atomic mass is 10.1. The van der Waals surface area contributed by atoms with Crippen LogP contribution in [0, 0.1) is 13.8 Å². The number of rotatable bonds is 6. The molecule has 2 N–H and O–H groups in total. The number of methoxy groups -OCH3 is 2. The molecule has 0 bridgehead atoms. The highest BCUT2D eigenvalue weighted by Gasteiger charge is 2.12. The van der Waals surface area contributed by atoms with Crippen LogP contribution in [0.25, 0.3) is 0 Å². The van der Waals surface area contributed by atoms with Gasteiger partial charge < -0.3 is 20.1 Å². The fourth-order valence-electron chi connectivity index (χ4n) is 2.60. The molecule has 1 heterocycles. The van der Waals surface area contributed by atoms with Gasteiger partial charge in [-0.05, 0) is 43.2 Å². The smallest absolute Gasteiger partial charge is 0.258 e. The molecule has 1 aromatic heterocycles. The summed E-state index contributed by atoms with van der Waals surface area (Å²) in [6, 6.07) is 11.3. The number of carbonyl (C=O) groups is 1. The first-order valence-electron chi connectivity index (χ1n) is 8.70. The van der Waals surface area contributed by atoms with Crippen LogP contribution in [0.5, 0.6) is 11.5 Å². The van der Waals surface area contributed by atoms with Crippen molar-refractivity contribution in [1.82, 2.24) is 9.97 Å². The van der Waals surface area contributed by atoms with Crippen LogP contribution in [-0.4, -0.2) is 30.1 Å². The Morgan fingerprint density at radius 3 is 2.36 bits per heavy atom. The van der Waals surface area contributed by atoms with Crippen molar-refractivity contribution < 1.29 is 14.3 Å². The highest BCUT2D eigenvalue weighted by atomic mass is 16.5. The third kappa shape index (κ3) is 4.37. The highest BCUT2D eigenvalue weighted by molar-refractivity contribution is 6.04. The number of carbonyl (C=O) groups excluding carboxylic acids is 1. The van der Waals surface area contributed by atoms with E-state index in [2.05, 4.69) is 20.6 Å². The Bertz CT molecular complexity index is 987. The quantitative estimate of drug-likeness (QED) is 0.671. The second-order valence-corrected chi connectivity index (χ2v) is 6.26. The van der Waals surface area contributed by atoms with Gasteiger partial charge in [-0.3, -0.25) is 4.79 Å². The Balaban J connectivity index is 1.73. The molecule has 0 atom stereocenters. The van der Waals surface area contributed by atoms with Gasteiger partial charge in [0.1, 0.15) is 11.5 Å². The van der Waals surface area contributed by atoms with Crippen molar-refractivity contribution >= 4 is 23.2 Å². The lowest BCUT2D eigenvalue weighted by molar-refractivity contribution is 0.102. The summed E-state index contributed by atoms with van der Waals surface area (Å²) in [6.45, 7) is 4.03. The van der Waals surface area contributed by atoms with Crippen molar-refractivity contribution in [3.63, 3.8) is 0 Å². The molecule has 0 spiro atoms. The molecule has 3 rings (SSSR count). The molecule has 1 amide bonds. The van der Waals surface area contributed by atoms with E-state index in [1.807, 2.05) is 32.0 Å². The van der Waals surface area contributed by atoms with Gasteiger partial charge in [0.15, 0.2) is 0 Å². The zero-order valence-corrected chi connectivity index (χ0v) is 16.2. The molecule has 0 aliphatic heterocycles. The maximum atomic E-state index is 12.5. The van der Waals surface area contributed by atoms with E-state index in [1.54, 1.807) is 25.3 Å². The minimum Gasteiger partial charge on any atom is -0.497 e. The van der Waals surface area contributed by atoms with Gasteiger partial charge >= 0.3 is 0 Å². The molecule has 7 heteroatoms. The molecule has 7 nitrogen and oxygen atoms in total. The van der Waals surface area contributed by atoms with Crippen LogP contribution in [0.3, 0.4) is 0 Å². The molecule has 0 saturated heterocycles. The second-order valence-electron chi connectivity index (χ2n) is 6.26. The zero-order chi connectivity index (χ0) is 20.1. The van der Waals surface area contributed by atoms with Gasteiger partial charge in [-0.2, -0.15) is 0 Å². The molecule has 0 aliphatic rings. The lowest BCUT2D eigenvalue weighted by Gasteiger charge is -2.12. The van der Waals surface area contributed by atoms with Crippen LogP contribution in [0.15, 0.2) is 48.8 Å². The van der Waals surface area contributed by atoms with Crippen molar-refractivity contribution in [2.45, 2.75) is 13.8 Å². The normalized spacial score (nSPS) is 10.3. The number of anilines is 3. The van der Waals surface area contributed by atoms with Crippen molar-refractivity contribution in [3.05, 3.63) is 65.5 Å². The minimum atomic E-state index is -0.332. The molecule has 0 radical (unpaired) electrons. The number of nitrogens with zero attached hydrogens (tertiary/aromatic N) is 2.